The van der Waals surface area contributed by atoms with Gasteiger partial charge in [0.15, 0.2) is 0 Å². The van der Waals surface area contributed by atoms with Crippen molar-refractivity contribution in [3.63, 3.8) is 0 Å². The van der Waals surface area contributed by atoms with Gasteiger partial charge in [0.2, 0.25) is 0 Å². The quantitative estimate of drug-likeness (QED) is 0.824. The normalized spacial score (nSPS) is 12.9. The number of rotatable bonds is 4. The van der Waals surface area contributed by atoms with E-state index in [4.69, 9.17) is 9.84 Å². The van der Waals surface area contributed by atoms with Gasteiger partial charge >= 0.3 is 0 Å². The molecular weight excluding hydrogens is 188 g/mol. The van der Waals surface area contributed by atoms with E-state index in [1.54, 1.807) is 6.92 Å². The molecule has 0 saturated carbocycles. The van der Waals surface area contributed by atoms with E-state index in [-0.39, 0.29) is 0 Å². The van der Waals surface area contributed by atoms with E-state index in [1.807, 2.05) is 6.92 Å². The van der Waals surface area contributed by atoms with Crippen LogP contribution < -0.4 is 4.74 Å². The third-order valence-electron chi connectivity index (χ3n) is 2.36. The van der Waals surface area contributed by atoms with E-state index >= 15 is 0 Å². The second-order valence-electron chi connectivity index (χ2n) is 4.34. The van der Waals surface area contributed by atoms with Gasteiger partial charge in [-0.2, -0.15) is 0 Å². The number of benzene rings is 1. The average Bonchev–Trinajstić information content (AvgIpc) is 2.16. The molecule has 0 aliphatic carbocycles. The smallest absolute Gasteiger partial charge is 0.122 e. The van der Waals surface area contributed by atoms with Gasteiger partial charge in [0.1, 0.15) is 12.4 Å². The lowest BCUT2D eigenvalue weighted by Crippen LogP contribution is -2.13. The number of aryl methyl sites for hydroxylation is 1. The van der Waals surface area contributed by atoms with Crippen LogP contribution in [-0.4, -0.2) is 17.8 Å². The Labute approximate surface area is 91.9 Å². The van der Waals surface area contributed by atoms with Crippen molar-refractivity contribution in [3.8, 4) is 5.75 Å². The summed E-state index contributed by atoms with van der Waals surface area (Å²) in [6.45, 7) is 8.40. The van der Waals surface area contributed by atoms with Crippen molar-refractivity contribution in [2.24, 2.45) is 0 Å². The maximum absolute atomic E-state index is 9.16. The summed E-state index contributed by atoms with van der Waals surface area (Å²) in [5.41, 5.74) is 2.38. The molecule has 0 aliphatic heterocycles. The lowest BCUT2D eigenvalue weighted by atomic mass is 10.0. The van der Waals surface area contributed by atoms with E-state index < -0.39 is 6.10 Å². The highest BCUT2D eigenvalue weighted by Crippen LogP contribution is 2.24. The Balaban J connectivity index is 2.81. The minimum Gasteiger partial charge on any atom is -0.491 e. The second kappa shape index (κ2) is 5.17. The molecule has 0 spiro atoms. The molecule has 2 nitrogen and oxygen atoms in total. The van der Waals surface area contributed by atoms with Crippen molar-refractivity contribution in [2.75, 3.05) is 6.61 Å². The van der Waals surface area contributed by atoms with Crippen LogP contribution in [0.15, 0.2) is 18.2 Å². The molecule has 0 heterocycles. The molecule has 0 bridgehead atoms. The Hall–Kier alpha value is -1.02. The molecule has 0 amide bonds. The Morgan fingerprint density at radius 3 is 2.47 bits per heavy atom. The lowest BCUT2D eigenvalue weighted by molar-refractivity contribution is 0.122. The molecule has 1 atom stereocenters. The molecule has 15 heavy (non-hydrogen) atoms. The molecule has 1 aromatic rings. The highest BCUT2D eigenvalue weighted by atomic mass is 16.5. The fourth-order valence-electron chi connectivity index (χ4n) is 1.34. The van der Waals surface area contributed by atoms with Crippen molar-refractivity contribution >= 4 is 0 Å². The summed E-state index contributed by atoms with van der Waals surface area (Å²) in [5, 5.41) is 9.16. The highest BCUT2D eigenvalue weighted by molar-refractivity contribution is 5.37. The van der Waals surface area contributed by atoms with Crippen LogP contribution in [0.1, 0.15) is 37.8 Å². The topological polar surface area (TPSA) is 29.5 Å². The largest absolute Gasteiger partial charge is 0.491 e. The molecule has 1 N–H and O–H groups in total. The summed E-state index contributed by atoms with van der Waals surface area (Å²) in [7, 11) is 0. The zero-order valence-corrected chi connectivity index (χ0v) is 9.95. The Bertz CT molecular complexity index is 316. The number of hydrogen-bond donors (Lipinski definition) is 1. The minimum absolute atomic E-state index is 0.350. The molecule has 0 fully saturated rings. The van der Waals surface area contributed by atoms with Crippen molar-refractivity contribution in [2.45, 2.75) is 39.7 Å². The number of aliphatic hydroxyl groups is 1. The maximum atomic E-state index is 9.16. The molecule has 0 unspecified atom stereocenters. The molecule has 84 valence electrons. The van der Waals surface area contributed by atoms with Crippen LogP contribution in [0.5, 0.6) is 5.75 Å². The second-order valence-corrected chi connectivity index (χ2v) is 4.34. The first-order valence-corrected chi connectivity index (χ1v) is 5.42. The van der Waals surface area contributed by atoms with Gasteiger partial charge < -0.3 is 9.84 Å². The summed E-state index contributed by atoms with van der Waals surface area (Å²) in [4.78, 5) is 0. The van der Waals surface area contributed by atoms with Crippen molar-refractivity contribution in [1.29, 1.82) is 0 Å². The van der Waals surface area contributed by atoms with E-state index in [1.165, 1.54) is 5.56 Å². The number of ether oxygens (including phenoxy) is 1. The van der Waals surface area contributed by atoms with E-state index in [0.717, 1.165) is 11.3 Å². The standard InChI is InChI=1S/C13H20O2/c1-9(2)12-6-5-10(3)13(7-12)15-8-11(4)14/h5-7,9,11,14H,8H2,1-4H3/t11-/m1/s1. The first kappa shape index (κ1) is 12.1. The van der Waals surface area contributed by atoms with Gasteiger partial charge in [0, 0.05) is 0 Å². The van der Waals surface area contributed by atoms with Crippen molar-refractivity contribution < 1.29 is 9.84 Å². The van der Waals surface area contributed by atoms with Gasteiger partial charge in [-0.05, 0) is 37.0 Å². The van der Waals surface area contributed by atoms with E-state index in [9.17, 15) is 0 Å². The fourth-order valence-corrected chi connectivity index (χ4v) is 1.34. The average molecular weight is 208 g/mol. The highest BCUT2D eigenvalue weighted by Gasteiger charge is 2.05. The van der Waals surface area contributed by atoms with Gasteiger partial charge in [-0.25, -0.2) is 0 Å². The predicted molar refractivity (Wildman–Crippen MR) is 62.4 cm³/mol. The van der Waals surface area contributed by atoms with Crippen LogP contribution in [0, 0.1) is 6.92 Å². The Kier molecular flexibility index (Phi) is 4.15. The Morgan fingerprint density at radius 1 is 1.27 bits per heavy atom. The summed E-state index contributed by atoms with van der Waals surface area (Å²) in [5.74, 6) is 1.38. The van der Waals surface area contributed by atoms with Gasteiger partial charge in [-0.3, -0.25) is 0 Å². The third-order valence-corrected chi connectivity index (χ3v) is 2.36. The zero-order valence-electron chi connectivity index (χ0n) is 9.95. The minimum atomic E-state index is -0.424. The first-order chi connectivity index (χ1) is 7.00. The summed E-state index contributed by atoms with van der Waals surface area (Å²) < 4.78 is 5.54. The SMILES string of the molecule is Cc1ccc(C(C)C)cc1OC[C@@H](C)O. The molecule has 0 aromatic heterocycles. The molecule has 1 aromatic carbocycles. The van der Waals surface area contributed by atoms with Gasteiger partial charge in [0.25, 0.3) is 0 Å². The summed E-state index contributed by atoms with van der Waals surface area (Å²) in [6, 6.07) is 6.24. The van der Waals surface area contributed by atoms with Crippen molar-refractivity contribution in [3.05, 3.63) is 29.3 Å². The zero-order chi connectivity index (χ0) is 11.4. The lowest BCUT2D eigenvalue weighted by Gasteiger charge is -2.13. The van der Waals surface area contributed by atoms with Gasteiger partial charge in [-0.15, -0.1) is 0 Å². The first-order valence-electron chi connectivity index (χ1n) is 5.42. The number of hydrogen-bond acceptors (Lipinski definition) is 2. The van der Waals surface area contributed by atoms with Crippen LogP contribution in [0.2, 0.25) is 0 Å². The molecule has 0 saturated heterocycles. The third kappa shape index (κ3) is 3.56. The van der Waals surface area contributed by atoms with Crippen LogP contribution in [-0.2, 0) is 0 Å². The maximum Gasteiger partial charge on any atom is 0.122 e. The Morgan fingerprint density at radius 2 is 1.93 bits per heavy atom. The van der Waals surface area contributed by atoms with Crippen LogP contribution in [0.4, 0.5) is 0 Å². The molecule has 1 rings (SSSR count). The van der Waals surface area contributed by atoms with E-state index in [2.05, 4.69) is 32.0 Å². The molecule has 2 heteroatoms. The van der Waals surface area contributed by atoms with Crippen molar-refractivity contribution in [1.82, 2.24) is 0 Å². The fraction of sp³-hybridized carbons (Fsp3) is 0.538. The predicted octanol–water partition coefficient (Wildman–Crippen LogP) is 2.88. The van der Waals surface area contributed by atoms with Gasteiger partial charge in [0.05, 0.1) is 6.10 Å². The van der Waals surface area contributed by atoms with Crippen LogP contribution in [0.25, 0.3) is 0 Å². The summed E-state index contributed by atoms with van der Waals surface area (Å²) in [6.07, 6.45) is -0.424. The van der Waals surface area contributed by atoms with Gasteiger partial charge in [-0.1, -0.05) is 26.0 Å². The van der Waals surface area contributed by atoms with Crippen LogP contribution in [0.3, 0.4) is 0 Å². The monoisotopic (exact) mass is 208 g/mol. The summed E-state index contributed by atoms with van der Waals surface area (Å²) >= 11 is 0. The molecular formula is C13H20O2. The van der Waals surface area contributed by atoms with E-state index in [0.29, 0.717) is 12.5 Å². The van der Waals surface area contributed by atoms with Crippen LogP contribution >= 0.6 is 0 Å². The molecule has 0 radical (unpaired) electrons. The number of aliphatic hydroxyl groups excluding tert-OH is 1. The molecule has 0 aliphatic rings.